The number of nitrogens with one attached hydrogen (secondary N) is 1. The van der Waals surface area contributed by atoms with Crippen LogP contribution in [0.5, 0.6) is 0 Å². The molecular formula is C15H25N3. The van der Waals surface area contributed by atoms with Crippen LogP contribution in [0.15, 0.2) is 31.0 Å². The van der Waals surface area contributed by atoms with Crippen molar-refractivity contribution in [2.45, 2.75) is 39.7 Å². The number of rotatable bonds is 8. The van der Waals surface area contributed by atoms with Crippen LogP contribution in [0, 0.1) is 0 Å². The Labute approximate surface area is 111 Å². The Morgan fingerprint density at radius 2 is 2.11 bits per heavy atom. The first-order valence-corrected chi connectivity index (χ1v) is 6.79. The molecule has 0 aliphatic heterocycles. The lowest BCUT2D eigenvalue weighted by Gasteiger charge is -2.20. The molecule has 0 fully saturated rings. The van der Waals surface area contributed by atoms with Gasteiger partial charge in [-0.3, -0.25) is 0 Å². The highest BCUT2D eigenvalue weighted by molar-refractivity contribution is 5.48. The molecule has 0 aromatic carbocycles. The number of hydrogen-bond donors (Lipinski definition) is 1. The number of hydrogen-bond acceptors (Lipinski definition) is 3. The van der Waals surface area contributed by atoms with Crippen molar-refractivity contribution in [3.63, 3.8) is 0 Å². The van der Waals surface area contributed by atoms with Crippen molar-refractivity contribution < 1.29 is 0 Å². The van der Waals surface area contributed by atoms with Gasteiger partial charge in [0.25, 0.3) is 0 Å². The summed E-state index contributed by atoms with van der Waals surface area (Å²) in [7, 11) is 0. The number of pyridine rings is 1. The molecule has 1 unspecified atom stereocenters. The number of aromatic nitrogens is 1. The Morgan fingerprint density at radius 3 is 2.61 bits per heavy atom. The summed E-state index contributed by atoms with van der Waals surface area (Å²) < 4.78 is 0. The van der Waals surface area contributed by atoms with Crippen LogP contribution in [0.1, 0.15) is 33.6 Å². The number of allylic oxidation sites excluding steroid dienone is 1. The van der Waals surface area contributed by atoms with Crippen LogP contribution in [0.3, 0.4) is 0 Å². The average molecular weight is 247 g/mol. The molecule has 1 rings (SSSR count). The second kappa shape index (κ2) is 7.75. The van der Waals surface area contributed by atoms with Crippen molar-refractivity contribution >= 4 is 11.5 Å². The first kappa shape index (κ1) is 14.6. The van der Waals surface area contributed by atoms with Crippen LogP contribution >= 0.6 is 0 Å². The van der Waals surface area contributed by atoms with E-state index < -0.39 is 0 Å². The van der Waals surface area contributed by atoms with Crippen LogP contribution in [0.25, 0.3) is 0 Å². The Balaban J connectivity index is 2.56. The second-order valence-corrected chi connectivity index (χ2v) is 4.49. The maximum Gasteiger partial charge on any atom is 0.128 e. The third-order valence-corrected chi connectivity index (χ3v) is 3.05. The topological polar surface area (TPSA) is 28.2 Å². The molecule has 0 amide bonds. The van der Waals surface area contributed by atoms with Crippen LogP contribution in [-0.2, 0) is 0 Å². The molecule has 3 heteroatoms. The van der Waals surface area contributed by atoms with E-state index in [1.54, 1.807) is 0 Å². The van der Waals surface area contributed by atoms with Crippen LogP contribution in [-0.4, -0.2) is 24.1 Å². The minimum atomic E-state index is 0.448. The average Bonchev–Trinajstić information content (AvgIpc) is 2.40. The number of nitrogens with zero attached hydrogens (tertiary/aromatic N) is 2. The van der Waals surface area contributed by atoms with Crippen molar-refractivity contribution in [3.05, 3.63) is 31.0 Å². The largest absolute Gasteiger partial charge is 0.381 e. The van der Waals surface area contributed by atoms with Gasteiger partial charge < -0.3 is 10.2 Å². The maximum absolute atomic E-state index is 4.50. The van der Waals surface area contributed by atoms with E-state index in [1.165, 1.54) is 0 Å². The molecule has 0 radical (unpaired) electrons. The molecule has 18 heavy (non-hydrogen) atoms. The predicted molar refractivity (Wildman–Crippen MR) is 80.3 cm³/mol. The normalized spacial score (nSPS) is 11.9. The molecule has 1 aromatic heterocycles. The molecule has 0 saturated heterocycles. The quantitative estimate of drug-likeness (QED) is 0.710. The van der Waals surface area contributed by atoms with Crippen molar-refractivity contribution in [2.24, 2.45) is 0 Å². The molecule has 1 heterocycles. The van der Waals surface area contributed by atoms with Gasteiger partial charge in [0.1, 0.15) is 5.82 Å². The highest BCUT2D eigenvalue weighted by Gasteiger charge is 2.04. The molecule has 1 atom stereocenters. The Morgan fingerprint density at radius 1 is 1.39 bits per heavy atom. The molecule has 3 nitrogen and oxygen atoms in total. The molecule has 0 aliphatic carbocycles. The van der Waals surface area contributed by atoms with Crippen molar-refractivity contribution in [2.75, 3.05) is 23.3 Å². The lowest BCUT2D eigenvalue weighted by Crippen LogP contribution is -2.23. The van der Waals surface area contributed by atoms with E-state index in [-0.39, 0.29) is 0 Å². The zero-order valence-corrected chi connectivity index (χ0v) is 11.8. The Bertz CT molecular complexity index is 341. The molecule has 100 valence electrons. The van der Waals surface area contributed by atoms with Crippen LogP contribution in [0.4, 0.5) is 11.5 Å². The molecule has 1 aromatic rings. The van der Waals surface area contributed by atoms with Crippen LogP contribution in [0.2, 0.25) is 0 Å². The Hall–Kier alpha value is -1.51. The van der Waals surface area contributed by atoms with Crippen molar-refractivity contribution in [1.29, 1.82) is 0 Å². The summed E-state index contributed by atoms with van der Waals surface area (Å²) >= 11 is 0. The molecule has 0 bridgehead atoms. The van der Waals surface area contributed by atoms with Gasteiger partial charge in [-0.1, -0.05) is 6.08 Å². The zero-order valence-electron chi connectivity index (χ0n) is 11.8. The van der Waals surface area contributed by atoms with Crippen LogP contribution < -0.4 is 10.2 Å². The van der Waals surface area contributed by atoms with Gasteiger partial charge in [-0.05, 0) is 45.7 Å². The summed E-state index contributed by atoms with van der Waals surface area (Å²) in [5.41, 5.74) is 1.09. The summed E-state index contributed by atoms with van der Waals surface area (Å²) in [6.45, 7) is 12.2. The van der Waals surface area contributed by atoms with Gasteiger partial charge >= 0.3 is 0 Å². The summed E-state index contributed by atoms with van der Waals surface area (Å²) in [6.07, 6.45) is 6.01. The lowest BCUT2D eigenvalue weighted by molar-refractivity contribution is 0.718. The van der Waals surface area contributed by atoms with E-state index >= 15 is 0 Å². The number of anilines is 2. The van der Waals surface area contributed by atoms with E-state index in [0.29, 0.717) is 6.04 Å². The van der Waals surface area contributed by atoms with Gasteiger partial charge in [0.15, 0.2) is 0 Å². The van der Waals surface area contributed by atoms with E-state index in [9.17, 15) is 0 Å². The third-order valence-electron chi connectivity index (χ3n) is 3.05. The summed E-state index contributed by atoms with van der Waals surface area (Å²) in [5.74, 6) is 1.05. The molecule has 0 aliphatic rings. The van der Waals surface area contributed by atoms with Crippen molar-refractivity contribution in [1.82, 2.24) is 4.98 Å². The highest BCUT2D eigenvalue weighted by atomic mass is 15.2. The maximum atomic E-state index is 4.50. The van der Waals surface area contributed by atoms with Gasteiger partial charge in [-0.2, -0.15) is 0 Å². The monoisotopic (exact) mass is 247 g/mol. The van der Waals surface area contributed by atoms with E-state index in [4.69, 9.17) is 0 Å². The molecule has 0 spiro atoms. The predicted octanol–water partition coefficient (Wildman–Crippen LogP) is 3.69. The SMILES string of the molecule is C=CCCC(C)Nc1ccc(N(CC)CC)nc1. The van der Waals surface area contributed by atoms with E-state index in [0.717, 1.165) is 37.4 Å². The lowest BCUT2D eigenvalue weighted by atomic mass is 10.2. The van der Waals surface area contributed by atoms with Gasteiger partial charge in [0.05, 0.1) is 11.9 Å². The standard InChI is InChI=1S/C15H25N3/c1-5-8-9-13(4)17-14-10-11-15(16-12-14)18(6-2)7-3/h5,10-13,17H,1,6-9H2,2-4H3. The summed E-state index contributed by atoms with van der Waals surface area (Å²) in [5, 5.41) is 3.45. The second-order valence-electron chi connectivity index (χ2n) is 4.49. The van der Waals surface area contributed by atoms with E-state index in [2.05, 4.69) is 54.7 Å². The molecular weight excluding hydrogens is 222 g/mol. The Kier molecular flexibility index (Phi) is 6.26. The zero-order chi connectivity index (χ0) is 13.4. The fourth-order valence-electron chi connectivity index (χ4n) is 1.93. The van der Waals surface area contributed by atoms with Gasteiger partial charge in [-0.25, -0.2) is 4.98 Å². The fraction of sp³-hybridized carbons (Fsp3) is 0.533. The van der Waals surface area contributed by atoms with Crippen molar-refractivity contribution in [3.8, 4) is 0 Å². The van der Waals surface area contributed by atoms with E-state index in [1.807, 2.05) is 12.3 Å². The minimum Gasteiger partial charge on any atom is -0.381 e. The summed E-state index contributed by atoms with van der Waals surface area (Å²) in [4.78, 5) is 6.74. The smallest absolute Gasteiger partial charge is 0.128 e. The van der Waals surface area contributed by atoms with Gasteiger partial charge in [0, 0.05) is 19.1 Å². The minimum absolute atomic E-state index is 0.448. The summed E-state index contributed by atoms with van der Waals surface area (Å²) in [6, 6.07) is 4.63. The highest BCUT2D eigenvalue weighted by Crippen LogP contribution is 2.15. The molecule has 0 saturated carbocycles. The first-order chi connectivity index (χ1) is 8.71. The molecule has 1 N–H and O–H groups in total. The third kappa shape index (κ3) is 4.40. The first-order valence-electron chi connectivity index (χ1n) is 6.79. The van der Waals surface area contributed by atoms with Gasteiger partial charge in [0.2, 0.25) is 0 Å². The fourth-order valence-corrected chi connectivity index (χ4v) is 1.93. The van der Waals surface area contributed by atoms with Gasteiger partial charge in [-0.15, -0.1) is 6.58 Å².